The van der Waals surface area contributed by atoms with Gasteiger partial charge in [-0.05, 0) is 88.4 Å². The number of carbonyl (C=O) groups excluding carboxylic acids is 3. The van der Waals surface area contributed by atoms with Gasteiger partial charge in [-0.15, -0.1) is 0 Å². The van der Waals surface area contributed by atoms with Crippen molar-refractivity contribution in [3.63, 3.8) is 0 Å². The summed E-state index contributed by atoms with van der Waals surface area (Å²) in [4.78, 5) is 39.1. The van der Waals surface area contributed by atoms with Crippen molar-refractivity contribution in [2.45, 2.75) is 136 Å². The van der Waals surface area contributed by atoms with Crippen molar-refractivity contribution in [1.82, 2.24) is 4.90 Å². The average Bonchev–Trinajstić information content (AvgIpc) is 2.84. The summed E-state index contributed by atoms with van der Waals surface area (Å²) in [7, 11) is 1.20. The van der Waals surface area contributed by atoms with Gasteiger partial charge in [0.05, 0.1) is 11.2 Å². The Bertz CT molecular complexity index is 708. The average molecular weight is 483 g/mol. The highest BCUT2D eigenvalue weighted by atomic mass is 16.7. The third kappa shape index (κ3) is 8.26. The number of hydrogen-bond acceptors (Lipinski definition) is 7. The van der Waals surface area contributed by atoms with Crippen LogP contribution in [-0.2, 0) is 28.4 Å². The molecule has 1 aliphatic heterocycles. The van der Waals surface area contributed by atoms with Crippen LogP contribution < -0.4 is 0 Å². The van der Waals surface area contributed by atoms with Crippen molar-refractivity contribution in [2.75, 3.05) is 7.05 Å². The molecule has 1 amide bonds. The minimum atomic E-state index is -1.33. The molecule has 1 aliphatic rings. The minimum Gasteiger partial charge on any atom is -0.458 e. The first-order chi connectivity index (χ1) is 15.3. The van der Waals surface area contributed by atoms with Crippen molar-refractivity contribution in [1.29, 1.82) is 0 Å². The van der Waals surface area contributed by atoms with Crippen LogP contribution in [0.3, 0.4) is 0 Å². The van der Waals surface area contributed by atoms with E-state index in [1.54, 1.807) is 41.5 Å². The summed E-state index contributed by atoms with van der Waals surface area (Å²) in [6.45, 7) is 18.7. The molecule has 1 atom stereocenters. The molecule has 0 radical (unpaired) electrons. The number of esters is 1. The molecule has 0 saturated carbocycles. The summed E-state index contributed by atoms with van der Waals surface area (Å²) in [6, 6.07) is 0. The number of rotatable bonds is 10. The Labute approximate surface area is 206 Å². The van der Waals surface area contributed by atoms with Crippen molar-refractivity contribution in [2.24, 2.45) is 0 Å². The van der Waals surface area contributed by atoms with Crippen molar-refractivity contribution in [3.8, 4) is 0 Å². The molecule has 0 aliphatic carbocycles. The number of amides is 1. The molecular formula is C25H46BNO7. The van der Waals surface area contributed by atoms with Crippen LogP contribution in [0.15, 0.2) is 0 Å². The topological polar surface area (TPSA) is 91.4 Å². The first-order valence-electron chi connectivity index (χ1n) is 12.3. The number of ether oxygens (including phenoxy) is 2. The van der Waals surface area contributed by atoms with Crippen LogP contribution >= 0.6 is 0 Å². The number of carbonyl (C=O) groups is 3. The van der Waals surface area contributed by atoms with E-state index in [4.69, 9.17) is 18.8 Å². The summed E-state index contributed by atoms with van der Waals surface area (Å²) in [5, 5.41) is 0. The van der Waals surface area contributed by atoms with Gasteiger partial charge in [0.1, 0.15) is 23.0 Å². The van der Waals surface area contributed by atoms with Crippen LogP contribution in [0, 0.1) is 0 Å². The molecule has 0 aromatic heterocycles. The summed E-state index contributed by atoms with van der Waals surface area (Å²) in [5.41, 5.74) is -3.61. The third-order valence-corrected chi connectivity index (χ3v) is 6.35. The molecule has 8 nitrogen and oxygen atoms in total. The van der Waals surface area contributed by atoms with Crippen LogP contribution in [0.4, 0.5) is 4.79 Å². The molecule has 0 bridgehead atoms. The normalized spacial score (nSPS) is 19.3. The third-order valence-electron chi connectivity index (χ3n) is 6.35. The highest BCUT2D eigenvalue weighted by Gasteiger charge is 2.51. The molecule has 1 unspecified atom stereocenters. The van der Waals surface area contributed by atoms with Crippen LogP contribution in [-0.4, -0.2) is 65.4 Å². The lowest BCUT2D eigenvalue weighted by atomic mass is 9.79. The van der Waals surface area contributed by atoms with Crippen LogP contribution in [0.5, 0.6) is 0 Å². The fourth-order valence-electron chi connectivity index (χ4n) is 3.79. The Morgan fingerprint density at radius 3 is 1.82 bits per heavy atom. The smallest absolute Gasteiger partial charge is 0.457 e. The van der Waals surface area contributed by atoms with Gasteiger partial charge >= 0.3 is 19.2 Å². The van der Waals surface area contributed by atoms with Gasteiger partial charge in [0.2, 0.25) is 0 Å². The maximum absolute atomic E-state index is 13.5. The molecule has 9 heteroatoms. The molecule has 1 saturated heterocycles. The van der Waals surface area contributed by atoms with E-state index in [-0.39, 0.29) is 20.0 Å². The van der Waals surface area contributed by atoms with Crippen molar-refractivity contribution < 1.29 is 33.2 Å². The minimum absolute atomic E-state index is 0.115. The Morgan fingerprint density at radius 1 is 0.882 bits per heavy atom. The summed E-state index contributed by atoms with van der Waals surface area (Å²) < 4.78 is 23.4. The molecule has 0 aromatic carbocycles. The first kappa shape index (κ1) is 30.4. The van der Waals surface area contributed by atoms with Gasteiger partial charge < -0.3 is 23.6 Å². The maximum atomic E-state index is 13.5. The second-order valence-corrected chi connectivity index (χ2v) is 12.2. The number of aldehydes is 1. The Kier molecular flexibility index (Phi) is 9.83. The fourth-order valence-corrected chi connectivity index (χ4v) is 3.79. The maximum Gasteiger partial charge on any atom is 0.457 e. The first-order valence-corrected chi connectivity index (χ1v) is 12.3. The SMILES string of the molecule is CN(C(=O)OC(C)(C)C)C(CCC=O)(CCCCB1OC(C)(C)C(C)(C)O1)C(=O)OC(C)(C)C. The number of unbranched alkanes of at least 4 members (excludes halogenated alkanes) is 1. The van der Waals surface area contributed by atoms with Crippen molar-refractivity contribution >= 4 is 25.5 Å². The number of likely N-dealkylation sites (N-methyl/N-ethyl adjacent to an activating group) is 1. The van der Waals surface area contributed by atoms with Gasteiger partial charge in [0.15, 0.2) is 0 Å². The summed E-state index contributed by atoms with van der Waals surface area (Å²) in [6.07, 6.45) is 2.69. The molecule has 1 fully saturated rings. The predicted molar refractivity (Wildman–Crippen MR) is 133 cm³/mol. The molecule has 0 aromatic rings. The van der Waals surface area contributed by atoms with E-state index >= 15 is 0 Å². The zero-order chi connectivity index (χ0) is 26.6. The molecule has 0 N–H and O–H groups in total. The Balaban J connectivity index is 3.07. The molecule has 1 rings (SSSR count). The van der Waals surface area contributed by atoms with Gasteiger partial charge in [0.25, 0.3) is 0 Å². The van der Waals surface area contributed by atoms with E-state index in [1.165, 1.54) is 11.9 Å². The quantitative estimate of drug-likeness (QED) is 0.183. The fraction of sp³-hybridized carbons (Fsp3) is 0.880. The van der Waals surface area contributed by atoms with E-state index < -0.39 is 40.0 Å². The monoisotopic (exact) mass is 483 g/mol. The molecule has 34 heavy (non-hydrogen) atoms. The lowest BCUT2D eigenvalue weighted by molar-refractivity contribution is -0.170. The molecule has 196 valence electrons. The van der Waals surface area contributed by atoms with E-state index in [0.717, 1.165) is 6.29 Å². The molecule has 1 heterocycles. The van der Waals surface area contributed by atoms with Crippen LogP contribution in [0.2, 0.25) is 6.32 Å². The van der Waals surface area contributed by atoms with Gasteiger partial charge in [-0.1, -0.05) is 12.8 Å². The predicted octanol–water partition coefficient (Wildman–Crippen LogP) is 5.18. The number of nitrogens with zero attached hydrogens (tertiary/aromatic N) is 1. The van der Waals surface area contributed by atoms with E-state index in [9.17, 15) is 14.4 Å². The Morgan fingerprint density at radius 2 is 1.38 bits per heavy atom. The molecular weight excluding hydrogens is 437 g/mol. The zero-order valence-corrected chi connectivity index (χ0v) is 23.2. The number of hydrogen-bond donors (Lipinski definition) is 0. The van der Waals surface area contributed by atoms with Gasteiger partial charge in [-0.2, -0.15) is 0 Å². The van der Waals surface area contributed by atoms with Crippen LogP contribution in [0.25, 0.3) is 0 Å². The standard InChI is InChI=1S/C25H46BNO7/c1-21(2,3)31-19(29)25(16-14-18-28,27(11)20(30)32-22(4,5)6)15-12-13-17-26-33-23(7,8)24(9,10)34-26/h18H,12-17H2,1-11H3. The second kappa shape index (κ2) is 11.0. The highest BCUT2D eigenvalue weighted by Crippen LogP contribution is 2.39. The lowest BCUT2D eigenvalue weighted by Crippen LogP contribution is -2.58. The van der Waals surface area contributed by atoms with Crippen molar-refractivity contribution in [3.05, 3.63) is 0 Å². The largest absolute Gasteiger partial charge is 0.458 e. The van der Waals surface area contributed by atoms with E-state index in [1.807, 2.05) is 27.7 Å². The highest BCUT2D eigenvalue weighted by molar-refractivity contribution is 6.45. The van der Waals surface area contributed by atoms with E-state index in [2.05, 4.69) is 0 Å². The van der Waals surface area contributed by atoms with E-state index in [0.29, 0.717) is 25.6 Å². The van der Waals surface area contributed by atoms with Crippen LogP contribution in [0.1, 0.15) is 101 Å². The van der Waals surface area contributed by atoms with Gasteiger partial charge in [-0.25, -0.2) is 9.59 Å². The summed E-state index contributed by atoms with van der Waals surface area (Å²) >= 11 is 0. The van der Waals surface area contributed by atoms with Gasteiger partial charge in [0, 0.05) is 13.5 Å². The second-order valence-electron chi connectivity index (χ2n) is 12.2. The molecule has 0 spiro atoms. The lowest BCUT2D eigenvalue weighted by Gasteiger charge is -2.41. The Hall–Kier alpha value is -1.61. The zero-order valence-electron chi connectivity index (χ0n) is 23.2. The van der Waals surface area contributed by atoms with Gasteiger partial charge in [-0.3, -0.25) is 4.90 Å². The summed E-state index contributed by atoms with van der Waals surface area (Å²) in [5.74, 6) is -0.536.